The number of hydrogen-bond acceptors (Lipinski definition) is 16. The number of piperidine rings is 2. The molecule has 20 nitrogen and oxygen atoms in total. The largest absolute Gasteiger partial charge is 0.442 e. The average Bonchev–Trinajstić information content (AvgIpc) is 3.72. The predicted octanol–water partition coefficient (Wildman–Crippen LogP) is -1.09. The molecule has 2 spiro atoms. The van der Waals surface area contributed by atoms with Crippen LogP contribution in [0, 0.1) is 10.8 Å². The summed E-state index contributed by atoms with van der Waals surface area (Å²) >= 11 is 0. The SMILES string of the molecule is NCC(O)c1nnc([C@@H]2CC3(CC3)[C@@H]3CN2C(=O)N3OS(=O)(=O)ON2C(=O)N3C[C@H]2C2(CC2)C[C@H]3c2nnc(C(O)CN)o2)o1. The Bertz CT molecular complexity index is 1530. The second-order valence-electron chi connectivity index (χ2n) is 12.7. The van der Waals surface area contributed by atoms with Crippen LogP contribution >= 0.6 is 0 Å². The van der Waals surface area contributed by atoms with Gasteiger partial charge >= 0.3 is 22.5 Å². The first-order valence-corrected chi connectivity index (χ1v) is 16.1. The zero-order valence-corrected chi connectivity index (χ0v) is 24.7. The minimum Gasteiger partial charge on any atom is -0.420 e. The fourth-order valence-corrected chi connectivity index (χ4v) is 8.07. The van der Waals surface area contributed by atoms with Crippen molar-refractivity contribution in [2.24, 2.45) is 22.3 Å². The van der Waals surface area contributed by atoms with Crippen molar-refractivity contribution in [2.75, 3.05) is 26.2 Å². The molecular weight excluding hydrogens is 620 g/mol. The van der Waals surface area contributed by atoms with E-state index in [4.69, 9.17) is 28.9 Å². The highest BCUT2D eigenvalue weighted by molar-refractivity contribution is 7.81. The summed E-state index contributed by atoms with van der Waals surface area (Å²) in [5.41, 5.74) is 10.1. The summed E-state index contributed by atoms with van der Waals surface area (Å²) < 4.78 is 48.6. The van der Waals surface area contributed by atoms with Gasteiger partial charge in [0.05, 0.1) is 12.1 Å². The van der Waals surface area contributed by atoms with Gasteiger partial charge in [-0.05, 0) is 49.4 Å². The molecule has 2 aromatic rings. The minimum absolute atomic E-state index is 0.0743. The van der Waals surface area contributed by atoms with E-state index in [2.05, 4.69) is 20.4 Å². The summed E-state index contributed by atoms with van der Waals surface area (Å²) in [6.45, 7) is 0.0321. The normalized spacial score (nSPS) is 30.6. The lowest BCUT2D eigenvalue weighted by Gasteiger charge is -2.35. The van der Waals surface area contributed by atoms with Gasteiger partial charge in [-0.3, -0.25) is 0 Å². The monoisotopic (exact) mass is 652 g/mol. The molecule has 244 valence electrons. The molecule has 6 heterocycles. The average molecular weight is 653 g/mol. The summed E-state index contributed by atoms with van der Waals surface area (Å²) in [5, 5.41) is 37.3. The Morgan fingerprint density at radius 2 is 1.18 bits per heavy atom. The highest BCUT2D eigenvalue weighted by Gasteiger charge is 2.67. The van der Waals surface area contributed by atoms with Crippen molar-refractivity contribution in [3.05, 3.63) is 23.6 Å². The van der Waals surface area contributed by atoms with Crippen LogP contribution in [0.1, 0.15) is 86.4 Å². The summed E-state index contributed by atoms with van der Waals surface area (Å²) in [6, 6.07) is -3.97. The Hall–Kier alpha value is -3.47. The number of hydroxylamine groups is 4. The fourth-order valence-electron chi connectivity index (χ4n) is 7.31. The lowest BCUT2D eigenvalue weighted by Crippen LogP contribution is -2.45. The number of hydrogen-bond donors (Lipinski definition) is 4. The van der Waals surface area contributed by atoms with Gasteiger partial charge < -0.3 is 40.3 Å². The van der Waals surface area contributed by atoms with Crippen molar-refractivity contribution in [1.29, 1.82) is 0 Å². The van der Waals surface area contributed by atoms with Crippen LogP contribution in [-0.2, 0) is 19.0 Å². The van der Waals surface area contributed by atoms with Crippen molar-refractivity contribution in [1.82, 2.24) is 40.3 Å². The number of fused-ring (bicyclic) bond motifs is 6. The number of rotatable bonds is 10. The molecule has 4 amide bonds. The highest BCUT2D eigenvalue weighted by atomic mass is 32.3. The molecule has 2 aliphatic carbocycles. The van der Waals surface area contributed by atoms with Gasteiger partial charge in [-0.2, -0.15) is 18.5 Å². The number of urea groups is 2. The van der Waals surface area contributed by atoms with Crippen LogP contribution in [0.25, 0.3) is 0 Å². The maximum atomic E-state index is 13.5. The van der Waals surface area contributed by atoms with Gasteiger partial charge in [-0.15, -0.1) is 29.0 Å². The van der Waals surface area contributed by atoms with Gasteiger partial charge in [0.25, 0.3) is 0 Å². The van der Waals surface area contributed by atoms with Gasteiger partial charge in [-0.25, -0.2) is 9.59 Å². The van der Waals surface area contributed by atoms with E-state index in [-0.39, 0.29) is 49.7 Å². The molecule has 8 rings (SSSR count). The van der Waals surface area contributed by atoms with Crippen molar-refractivity contribution >= 4 is 22.5 Å². The summed E-state index contributed by atoms with van der Waals surface area (Å²) in [6.07, 6.45) is 1.40. The number of aliphatic hydroxyl groups is 2. The van der Waals surface area contributed by atoms with E-state index in [1.165, 1.54) is 9.80 Å². The maximum absolute atomic E-state index is 13.5. The van der Waals surface area contributed by atoms with Crippen LogP contribution < -0.4 is 11.5 Å². The molecule has 2 unspecified atom stereocenters. The third-order valence-electron chi connectivity index (χ3n) is 10.2. The molecule has 6 fully saturated rings. The van der Waals surface area contributed by atoms with Crippen LogP contribution in [0.5, 0.6) is 0 Å². The van der Waals surface area contributed by atoms with Crippen LogP contribution in [-0.4, -0.2) is 109 Å². The van der Waals surface area contributed by atoms with E-state index in [9.17, 15) is 28.2 Å². The Balaban J connectivity index is 1.00. The number of amides is 4. The lowest BCUT2D eigenvalue weighted by molar-refractivity contribution is -0.101. The van der Waals surface area contributed by atoms with Crippen molar-refractivity contribution in [3.8, 4) is 0 Å². The van der Waals surface area contributed by atoms with Crippen LogP contribution in [0.2, 0.25) is 0 Å². The molecule has 4 aliphatic heterocycles. The lowest BCUT2D eigenvalue weighted by atomic mass is 9.85. The summed E-state index contributed by atoms with van der Waals surface area (Å²) in [7, 11) is -4.96. The minimum atomic E-state index is -4.96. The van der Waals surface area contributed by atoms with E-state index in [0.29, 0.717) is 38.5 Å². The highest BCUT2D eigenvalue weighted by Crippen LogP contribution is 2.63. The topological polar surface area (TPSA) is 270 Å². The fraction of sp³-hybridized carbons (Fsp3) is 0.750. The molecular formula is C24H32N10O10S. The zero-order valence-electron chi connectivity index (χ0n) is 23.8. The molecule has 0 radical (unpaired) electrons. The predicted molar refractivity (Wildman–Crippen MR) is 141 cm³/mol. The molecule has 6 atom stereocenters. The van der Waals surface area contributed by atoms with Gasteiger partial charge in [0.1, 0.15) is 24.3 Å². The first-order chi connectivity index (χ1) is 21.5. The van der Waals surface area contributed by atoms with Crippen LogP contribution in [0.15, 0.2) is 8.83 Å². The Labute approximate surface area is 255 Å². The first-order valence-electron chi connectivity index (χ1n) is 14.7. The number of carbonyl (C=O) groups excluding carboxylic acids is 2. The Kier molecular flexibility index (Phi) is 6.29. The third kappa shape index (κ3) is 4.43. The van der Waals surface area contributed by atoms with E-state index in [1.54, 1.807) is 0 Å². The van der Waals surface area contributed by atoms with Crippen molar-refractivity contribution in [2.45, 2.75) is 74.9 Å². The van der Waals surface area contributed by atoms with E-state index < -0.39 is 69.7 Å². The molecule has 6 N–H and O–H groups in total. The van der Waals surface area contributed by atoms with Gasteiger partial charge in [-0.1, -0.05) is 0 Å². The first kappa shape index (κ1) is 29.0. The molecule has 0 aromatic carbocycles. The summed E-state index contributed by atoms with van der Waals surface area (Å²) in [4.78, 5) is 29.9. The number of aliphatic hydroxyl groups excluding tert-OH is 2. The van der Waals surface area contributed by atoms with Gasteiger partial charge in [0, 0.05) is 26.2 Å². The molecule has 2 aromatic heterocycles. The zero-order chi connectivity index (χ0) is 31.5. The molecule has 4 bridgehead atoms. The molecule has 21 heteroatoms. The van der Waals surface area contributed by atoms with Crippen molar-refractivity contribution in [3.63, 3.8) is 0 Å². The second kappa shape index (κ2) is 9.77. The van der Waals surface area contributed by atoms with E-state index in [0.717, 1.165) is 10.1 Å². The van der Waals surface area contributed by atoms with Crippen molar-refractivity contribution < 1.29 is 45.6 Å². The summed E-state index contributed by atoms with van der Waals surface area (Å²) in [5.74, 6) is 0.0657. The molecule has 4 saturated heterocycles. The standard InChI is InChI=1S/C24H32N10O10S/c25-7-13(35)19-29-27-17(41-19)11-5-23(1-2-23)15-9-31(11)21(37)33(15)43-45(39,40)44-34-16-10-32(22(34)38)12(6-24(16)3-4-24)18-28-30-20(42-18)14(36)8-26/h11-16,35-36H,1-10,25-26H2/t11-,12-,13?,14?,15-,16-/m0/s1. The van der Waals surface area contributed by atoms with Crippen LogP contribution in [0.3, 0.4) is 0 Å². The number of aromatic nitrogens is 4. The number of nitrogens with two attached hydrogens (primary N) is 2. The molecule has 6 aliphatic rings. The maximum Gasteiger partial charge on any atom is 0.442 e. The van der Waals surface area contributed by atoms with Crippen LogP contribution in [0.4, 0.5) is 9.59 Å². The Morgan fingerprint density at radius 3 is 1.53 bits per heavy atom. The number of carbonyl (C=O) groups is 2. The van der Waals surface area contributed by atoms with E-state index >= 15 is 0 Å². The smallest absolute Gasteiger partial charge is 0.420 e. The molecule has 2 saturated carbocycles. The number of nitrogens with zero attached hydrogens (tertiary/aromatic N) is 8. The quantitative estimate of drug-likeness (QED) is 0.237. The third-order valence-corrected chi connectivity index (χ3v) is 10.9. The van der Waals surface area contributed by atoms with Gasteiger partial charge in [0.2, 0.25) is 23.6 Å². The van der Waals surface area contributed by atoms with Gasteiger partial charge in [0.15, 0.2) is 0 Å². The van der Waals surface area contributed by atoms with E-state index in [1.807, 2.05) is 0 Å². The second-order valence-corrected chi connectivity index (χ2v) is 13.8. The molecule has 45 heavy (non-hydrogen) atoms. The Morgan fingerprint density at radius 1 is 0.778 bits per heavy atom.